The summed E-state index contributed by atoms with van der Waals surface area (Å²) in [6.45, 7) is 1.58. The van der Waals surface area contributed by atoms with Crippen molar-refractivity contribution in [1.29, 1.82) is 0 Å². The van der Waals surface area contributed by atoms with E-state index >= 15 is 0 Å². The molecule has 0 bridgehead atoms. The van der Waals surface area contributed by atoms with Crippen LogP contribution in [0.1, 0.15) is 18.5 Å². The number of para-hydroxylation sites is 1. The minimum absolute atomic E-state index is 0.633. The monoisotopic (exact) mass is 217 g/mol. The molecule has 16 heavy (non-hydrogen) atoms. The number of Topliss-reactive ketones (excluding diaryl/α,β-unsaturated/α-hetero) is 1. The van der Waals surface area contributed by atoms with Gasteiger partial charge in [0, 0.05) is 11.2 Å². The Labute approximate surface area is 91.9 Å². The molecule has 1 aromatic heterocycles. The normalized spacial score (nSPS) is 12.6. The minimum Gasteiger partial charge on any atom is -0.475 e. The van der Waals surface area contributed by atoms with Gasteiger partial charge in [0.15, 0.2) is 0 Å². The lowest BCUT2D eigenvalue weighted by molar-refractivity contribution is -0.149. The molecule has 0 amide bonds. The van der Waals surface area contributed by atoms with E-state index in [4.69, 9.17) is 5.11 Å². The number of nitrogens with one attached hydrogen (secondary N) is 1. The van der Waals surface area contributed by atoms with E-state index in [1.54, 1.807) is 13.0 Å². The van der Waals surface area contributed by atoms with E-state index in [0.29, 0.717) is 5.69 Å². The lowest BCUT2D eigenvalue weighted by atomic mass is 10.0. The summed E-state index contributed by atoms with van der Waals surface area (Å²) in [4.78, 5) is 24.9. The molecule has 2 rings (SSSR count). The molecule has 0 aliphatic rings. The number of H-pyrrole nitrogens is 1. The summed E-state index contributed by atoms with van der Waals surface area (Å²) in [5.41, 5.74) is 1.54. The summed E-state index contributed by atoms with van der Waals surface area (Å²) >= 11 is 0. The third-order valence-corrected chi connectivity index (χ3v) is 2.62. The van der Waals surface area contributed by atoms with Crippen molar-refractivity contribution in [1.82, 2.24) is 4.98 Å². The second-order valence-corrected chi connectivity index (χ2v) is 3.70. The Hall–Kier alpha value is -2.10. The number of carboxylic acid groups (broad SMARTS) is 1. The van der Waals surface area contributed by atoms with Crippen LogP contribution in [0, 0.1) is 0 Å². The highest BCUT2D eigenvalue weighted by molar-refractivity contribution is 6.34. The van der Waals surface area contributed by atoms with E-state index in [-0.39, 0.29) is 0 Å². The lowest BCUT2D eigenvalue weighted by Gasteiger charge is -2.03. The maximum atomic E-state index is 11.3. The fourth-order valence-electron chi connectivity index (χ4n) is 1.66. The predicted molar refractivity (Wildman–Crippen MR) is 59.4 cm³/mol. The van der Waals surface area contributed by atoms with Crippen LogP contribution in [0.15, 0.2) is 30.3 Å². The molecular formula is C12H11NO3. The van der Waals surface area contributed by atoms with Gasteiger partial charge < -0.3 is 10.1 Å². The fourth-order valence-corrected chi connectivity index (χ4v) is 1.66. The molecule has 0 spiro atoms. The Morgan fingerprint density at radius 3 is 2.62 bits per heavy atom. The quantitative estimate of drug-likeness (QED) is 0.771. The minimum atomic E-state index is -1.40. The number of carbonyl (C=O) groups is 2. The number of ketones is 1. The number of rotatable bonds is 3. The van der Waals surface area contributed by atoms with Crippen molar-refractivity contribution in [2.75, 3.05) is 0 Å². The van der Waals surface area contributed by atoms with E-state index in [2.05, 4.69) is 4.98 Å². The van der Waals surface area contributed by atoms with Gasteiger partial charge in [-0.3, -0.25) is 4.79 Å². The van der Waals surface area contributed by atoms with Gasteiger partial charge in [0.1, 0.15) is 0 Å². The van der Waals surface area contributed by atoms with Gasteiger partial charge in [-0.15, -0.1) is 0 Å². The number of hydrogen-bond acceptors (Lipinski definition) is 2. The third-order valence-electron chi connectivity index (χ3n) is 2.62. The maximum absolute atomic E-state index is 11.3. The van der Waals surface area contributed by atoms with E-state index in [1.165, 1.54) is 0 Å². The van der Waals surface area contributed by atoms with Crippen molar-refractivity contribution >= 4 is 22.7 Å². The Kier molecular flexibility index (Phi) is 2.48. The molecule has 0 radical (unpaired) electrons. The van der Waals surface area contributed by atoms with Crippen LogP contribution in [0.2, 0.25) is 0 Å². The highest BCUT2D eigenvalue weighted by Crippen LogP contribution is 2.21. The molecule has 1 atom stereocenters. The van der Waals surface area contributed by atoms with Crippen LogP contribution in [-0.4, -0.2) is 21.8 Å². The topological polar surface area (TPSA) is 70.2 Å². The molecule has 82 valence electrons. The van der Waals surface area contributed by atoms with Crippen molar-refractivity contribution in [2.45, 2.75) is 12.8 Å². The largest absolute Gasteiger partial charge is 0.475 e. The van der Waals surface area contributed by atoms with Crippen LogP contribution in [0.4, 0.5) is 0 Å². The van der Waals surface area contributed by atoms with Crippen molar-refractivity contribution in [3.05, 3.63) is 36.0 Å². The van der Waals surface area contributed by atoms with Crippen LogP contribution in [0.3, 0.4) is 0 Å². The van der Waals surface area contributed by atoms with Crippen molar-refractivity contribution in [3.63, 3.8) is 0 Å². The van der Waals surface area contributed by atoms with Gasteiger partial charge in [-0.1, -0.05) is 18.2 Å². The molecular weight excluding hydrogens is 206 g/mol. The van der Waals surface area contributed by atoms with Crippen LogP contribution >= 0.6 is 0 Å². The summed E-state index contributed by atoms with van der Waals surface area (Å²) in [6.07, 6.45) is 0. The number of carbonyl (C=O) groups excluding carboxylic acids is 1. The fraction of sp³-hybridized carbons (Fsp3) is 0.167. The summed E-state index contributed by atoms with van der Waals surface area (Å²) in [5.74, 6) is -2.84. The van der Waals surface area contributed by atoms with Crippen LogP contribution in [-0.2, 0) is 9.59 Å². The van der Waals surface area contributed by atoms with Crippen molar-refractivity contribution in [3.8, 4) is 0 Å². The second kappa shape index (κ2) is 3.81. The van der Waals surface area contributed by atoms with Gasteiger partial charge >= 0.3 is 5.97 Å². The number of benzene rings is 1. The maximum Gasteiger partial charge on any atom is 0.372 e. The summed E-state index contributed by atoms with van der Waals surface area (Å²) < 4.78 is 0. The molecule has 0 aliphatic carbocycles. The van der Waals surface area contributed by atoms with Crippen LogP contribution in [0.5, 0.6) is 0 Å². The Balaban J connectivity index is 2.40. The standard InChI is InChI=1S/C12H11NO3/c1-7(11(14)12(15)16)10-6-8-4-2-3-5-9(8)13-10/h2-7,13H,1H3,(H,15,16). The third kappa shape index (κ3) is 1.69. The van der Waals surface area contributed by atoms with E-state index in [0.717, 1.165) is 10.9 Å². The first-order valence-corrected chi connectivity index (χ1v) is 4.94. The second-order valence-electron chi connectivity index (χ2n) is 3.70. The predicted octanol–water partition coefficient (Wildman–Crippen LogP) is 1.93. The molecule has 0 aliphatic heterocycles. The van der Waals surface area contributed by atoms with Crippen molar-refractivity contribution in [2.24, 2.45) is 0 Å². The molecule has 1 aromatic carbocycles. The smallest absolute Gasteiger partial charge is 0.372 e. The first-order chi connectivity index (χ1) is 7.59. The average molecular weight is 217 g/mol. The Morgan fingerprint density at radius 2 is 2.00 bits per heavy atom. The van der Waals surface area contributed by atoms with E-state index < -0.39 is 17.7 Å². The zero-order valence-corrected chi connectivity index (χ0v) is 8.73. The van der Waals surface area contributed by atoms with Crippen LogP contribution < -0.4 is 0 Å². The summed E-state index contributed by atoms with van der Waals surface area (Å²) in [7, 11) is 0. The SMILES string of the molecule is CC(C(=O)C(=O)O)c1cc2ccccc2[nH]1. The number of aromatic nitrogens is 1. The van der Waals surface area contributed by atoms with Gasteiger partial charge in [0.25, 0.3) is 0 Å². The van der Waals surface area contributed by atoms with Gasteiger partial charge in [-0.05, 0) is 24.4 Å². The Bertz CT molecular complexity index is 523. The number of aromatic amines is 1. The summed E-state index contributed by atoms with van der Waals surface area (Å²) in [5, 5.41) is 9.60. The van der Waals surface area contributed by atoms with Gasteiger partial charge in [-0.2, -0.15) is 0 Å². The van der Waals surface area contributed by atoms with Crippen molar-refractivity contribution < 1.29 is 14.7 Å². The number of aliphatic carboxylic acids is 1. The first-order valence-electron chi connectivity index (χ1n) is 4.94. The van der Waals surface area contributed by atoms with Crippen LogP contribution in [0.25, 0.3) is 10.9 Å². The Morgan fingerprint density at radius 1 is 1.31 bits per heavy atom. The molecule has 1 unspecified atom stereocenters. The molecule has 4 nitrogen and oxygen atoms in total. The average Bonchev–Trinajstić information content (AvgIpc) is 2.70. The van der Waals surface area contributed by atoms with Gasteiger partial charge in [-0.25, -0.2) is 4.79 Å². The zero-order valence-electron chi connectivity index (χ0n) is 8.73. The number of carboxylic acids is 1. The summed E-state index contributed by atoms with van der Waals surface area (Å²) in [6, 6.07) is 9.38. The number of hydrogen-bond donors (Lipinski definition) is 2. The highest BCUT2D eigenvalue weighted by atomic mass is 16.4. The number of fused-ring (bicyclic) bond motifs is 1. The molecule has 0 saturated heterocycles. The highest BCUT2D eigenvalue weighted by Gasteiger charge is 2.23. The molecule has 2 N–H and O–H groups in total. The zero-order chi connectivity index (χ0) is 11.7. The van der Waals surface area contributed by atoms with E-state index in [9.17, 15) is 9.59 Å². The lowest BCUT2D eigenvalue weighted by Crippen LogP contribution is -2.19. The molecule has 2 aromatic rings. The molecule has 0 fully saturated rings. The first kappa shape index (κ1) is 10.4. The molecule has 4 heteroatoms. The molecule has 0 saturated carbocycles. The van der Waals surface area contributed by atoms with Gasteiger partial charge in [0.05, 0.1) is 5.92 Å². The molecule has 1 heterocycles. The van der Waals surface area contributed by atoms with E-state index in [1.807, 2.05) is 24.3 Å². The van der Waals surface area contributed by atoms with Gasteiger partial charge in [0.2, 0.25) is 5.78 Å².